The fourth-order valence-electron chi connectivity index (χ4n) is 3.47. The normalized spacial score (nSPS) is 15.5. The van der Waals surface area contributed by atoms with Gasteiger partial charge in [-0.2, -0.15) is 5.26 Å². The second kappa shape index (κ2) is 8.76. The smallest absolute Gasteiger partial charge is 0.178 e. The van der Waals surface area contributed by atoms with Crippen molar-refractivity contribution in [2.24, 2.45) is 10.7 Å². The van der Waals surface area contributed by atoms with Crippen molar-refractivity contribution in [2.75, 3.05) is 20.3 Å². The number of aromatic nitrogens is 3. The van der Waals surface area contributed by atoms with Crippen molar-refractivity contribution in [1.29, 1.82) is 5.26 Å². The number of aromatic amines is 1. The molecule has 152 valence electrons. The largest absolute Gasteiger partial charge is 0.489 e. The summed E-state index contributed by atoms with van der Waals surface area (Å²) in [7, 11) is 1.67. The molecule has 1 fully saturated rings. The van der Waals surface area contributed by atoms with E-state index in [1.54, 1.807) is 19.5 Å². The van der Waals surface area contributed by atoms with Gasteiger partial charge in [0, 0.05) is 44.1 Å². The zero-order valence-corrected chi connectivity index (χ0v) is 16.6. The maximum Gasteiger partial charge on any atom is 0.178 e. The van der Waals surface area contributed by atoms with Gasteiger partial charge in [0.25, 0.3) is 0 Å². The summed E-state index contributed by atoms with van der Waals surface area (Å²) >= 11 is 0. The second-order valence-corrected chi connectivity index (χ2v) is 6.90. The molecule has 0 saturated carbocycles. The Morgan fingerprint density at radius 1 is 1.37 bits per heavy atom. The summed E-state index contributed by atoms with van der Waals surface area (Å²) in [5.41, 5.74) is 9.94. The van der Waals surface area contributed by atoms with E-state index >= 15 is 0 Å². The van der Waals surface area contributed by atoms with Crippen LogP contribution in [0.2, 0.25) is 0 Å². The average Bonchev–Trinajstić information content (AvgIpc) is 3.22. The van der Waals surface area contributed by atoms with Crippen LogP contribution in [0.25, 0.3) is 27.9 Å². The van der Waals surface area contributed by atoms with Gasteiger partial charge in [-0.3, -0.25) is 4.99 Å². The SMILES string of the molecule is CN=CC(=CN)c1nc2nccc(-c3ccc(OC4CCOCC4)c(C#N)c3)c2[nH]1. The molecule has 8 heteroatoms. The Balaban J connectivity index is 1.71. The van der Waals surface area contributed by atoms with E-state index in [2.05, 4.69) is 26.0 Å². The Kier molecular flexibility index (Phi) is 5.72. The number of aliphatic imine (C=N–C) groups is 1. The average molecular weight is 402 g/mol. The lowest BCUT2D eigenvalue weighted by molar-refractivity contribution is 0.0254. The molecule has 30 heavy (non-hydrogen) atoms. The van der Waals surface area contributed by atoms with Crippen molar-refractivity contribution in [2.45, 2.75) is 18.9 Å². The molecule has 0 bridgehead atoms. The highest BCUT2D eigenvalue weighted by atomic mass is 16.5. The molecule has 3 N–H and O–H groups in total. The fraction of sp³-hybridized carbons (Fsp3) is 0.273. The van der Waals surface area contributed by atoms with E-state index in [1.165, 1.54) is 6.20 Å². The van der Waals surface area contributed by atoms with Crippen molar-refractivity contribution in [3.05, 3.63) is 48.1 Å². The number of H-pyrrole nitrogens is 1. The molecule has 3 heterocycles. The molecule has 0 spiro atoms. The first-order valence-corrected chi connectivity index (χ1v) is 9.71. The van der Waals surface area contributed by atoms with E-state index < -0.39 is 0 Å². The third kappa shape index (κ3) is 3.88. The van der Waals surface area contributed by atoms with Crippen LogP contribution in [0.1, 0.15) is 24.2 Å². The molecule has 2 aromatic heterocycles. The van der Waals surface area contributed by atoms with Gasteiger partial charge in [0.05, 0.1) is 29.9 Å². The maximum absolute atomic E-state index is 9.68. The first-order chi connectivity index (χ1) is 14.7. The van der Waals surface area contributed by atoms with E-state index in [0.717, 1.165) is 29.5 Å². The number of allylic oxidation sites excluding steroid dienone is 1. The van der Waals surface area contributed by atoms with Crippen LogP contribution in [0.5, 0.6) is 5.75 Å². The molecular weight excluding hydrogens is 380 g/mol. The van der Waals surface area contributed by atoms with Gasteiger partial charge in [0.2, 0.25) is 0 Å². The van der Waals surface area contributed by atoms with Crippen LogP contribution in [0.4, 0.5) is 0 Å². The maximum atomic E-state index is 9.68. The van der Waals surface area contributed by atoms with E-state index in [9.17, 15) is 5.26 Å². The van der Waals surface area contributed by atoms with Gasteiger partial charge in [0.15, 0.2) is 5.65 Å². The number of hydrogen-bond acceptors (Lipinski definition) is 7. The highest BCUT2D eigenvalue weighted by Gasteiger charge is 2.18. The molecule has 1 aliphatic rings. The molecule has 1 aliphatic heterocycles. The van der Waals surface area contributed by atoms with Crippen LogP contribution in [0.15, 0.2) is 41.7 Å². The molecule has 8 nitrogen and oxygen atoms in total. The van der Waals surface area contributed by atoms with Gasteiger partial charge in [-0.05, 0) is 23.8 Å². The minimum Gasteiger partial charge on any atom is -0.489 e. The fourth-order valence-corrected chi connectivity index (χ4v) is 3.47. The van der Waals surface area contributed by atoms with Gasteiger partial charge in [-0.25, -0.2) is 9.97 Å². The summed E-state index contributed by atoms with van der Waals surface area (Å²) in [5.74, 6) is 1.18. The van der Waals surface area contributed by atoms with E-state index in [4.69, 9.17) is 15.2 Å². The lowest BCUT2D eigenvalue weighted by atomic mass is 10.0. The number of hydrogen-bond donors (Lipinski definition) is 2. The highest BCUT2D eigenvalue weighted by molar-refractivity contribution is 6.09. The summed E-state index contributed by atoms with van der Waals surface area (Å²) in [5, 5.41) is 9.68. The zero-order valence-electron chi connectivity index (χ0n) is 16.6. The molecule has 3 aromatic rings. The molecule has 1 aromatic carbocycles. The number of ether oxygens (including phenoxy) is 2. The van der Waals surface area contributed by atoms with Gasteiger partial charge >= 0.3 is 0 Å². The summed E-state index contributed by atoms with van der Waals surface area (Å²) in [4.78, 5) is 16.1. The first-order valence-electron chi connectivity index (χ1n) is 9.71. The van der Waals surface area contributed by atoms with Gasteiger partial charge in [-0.15, -0.1) is 0 Å². The van der Waals surface area contributed by atoms with Crippen LogP contribution in [0, 0.1) is 11.3 Å². The number of nitrogens with zero attached hydrogens (tertiary/aromatic N) is 4. The molecule has 0 unspecified atom stereocenters. The van der Waals surface area contributed by atoms with Crippen molar-refractivity contribution in [1.82, 2.24) is 15.0 Å². The summed E-state index contributed by atoms with van der Waals surface area (Å²) in [6, 6.07) is 9.76. The van der Waals surface area contributed by atoms with Crippen LogP contribution >= 0.6 is 0 Å². The molecular formula is C22H22N6O2. The van der Waals surface area contributed by atoms with E-state index in [-0.39, 0.29) is 6.10 Å². The summed E-state index contributed by atoms with van der Waals surface area (Å²) in [6.45, 7) is 1.37. The number of nitrogens with two attached hydrogens (primary N) is 1. The summed E-state index contributed by atoms with van der Waals surface area (Å²) < 4.78 is 11.4. The minimum absolute atomic E-state index is 0.0706. The number of imidazole rings is 1. The van der Waals surface area contributed by atoms with Crippen molar-refractivity contribution in [3.8, 4) is 22.9 Å². The van der Waals surface area contributed by atoms with Crippen LogP contribution < -0.4 is 10.5 Å². The number of nitriles is 1. The Morgan fingerprint density at radius 2 is 2.20 bits per heavy atom. The third-order valence-electron chi connectivity index (χ3n) is 4.99. The van der Waals surface area contributed by atoms with Crippen molar-refractivity contribution >= 4 is 23.0 Å². The Labute approximate surface area is 174 Å². The number of fused-ring (bicyclic) bond motifs is 1. The predicted molar refractivity (Wildman–Crippen MR) is 115 cm³/mol. The molecule has 0 aliphatic carbocycles. The third-order valence-corrected chi connectivity index (χ3v) is 4.99. The summed E-state index contributed by atoms with van der Waals surface area (Å²) in [6.07, 6.45) is 6.50. The zero-order chi connectivity index (χ0) is 20.9. The van der Waals surface area contributed by atoms with Crippen molar-refractivity contribution < 1.29 is 9.47 Å². The standard InChI is InChI=1S/C22H22N6O2/c1-25-13-16(12-24)21-27-20-18(4-7-26-22(20)28-21)14-2-3-19(15(10-14)11-23)30-17-5-8-29-9-6-17/h2-4,7,10,12-13,17H,5-6,8-9,24H2,1H3,(H,26,27,28). The molecule has 1 saturated heterocycles. The second-order valence-electron chi connectivity index (χ2n) is 6.90. The minimum atomic E-state index is 0.0706. The first kappa shape index (κ1) is 19.6. The number of nitrogens with one attached hydrogen (secondary N) is 1. The molecule has 4 rings (SSSR count). The van der Waals surface area contributed by atoms with Crippen molar-refractivity contribution in [3.63, 3.8) is 0 Å². The lowest BCUT2D eigenvalue weighted by Gasteiger charge is -2.23. The predicted octanol–water partition coefficient (Wildman–Crippen LogP) is 3.05. The van der Waals surface area contributed by atoms with E-state index in [0.29, 0.717) is 41.6 Å². The number of rotatable bonds is 5. The highest BCUT2D eigenvalue weighted by Crippen LogP contribution is 2.31. The van der Waals surface area contributed by atoms with Gasteiger partial charge in [0.1, 0.15) is 23.7 Å². The molecule has 0 amide bonds. The Morgan fingerprint density at radius 3 is 2.93 bits per heavy atom. The molecule has 0 radical (unpaired) electrons. The van der Waals surface area contributed by atoms with Gasteiger partial charge < -0.3 is 20.2 Å². The topological polar surface area (TPSA) is 122 Å². The number of benzene rings is 1. The Hall–Kier alpha value is -3.70. The Bertz CT molecular complexity index is 1150. The van der Waals surface area contributed by atoms with Gasteiger partial charge in [-0.1, -0.05) is 6.07 Å². The van der Waals surface area contributed by atoms with Crippen LogP contribution in [-0.4, -0.2) is 47.5 Å². The van der Waals surface area contributed by atoms with Crippen LogP contribution in [0.3, 0.4) is 0 Å². The van der Waals surface area contributed by atoms with Crippen LogP contribution in [-0.2, 0) is 4.74 Å². The lowest BCUT2D eigenvalue weighted by Crippen LogP contribution is -2.26. The molecule has 0 atom stereocenters. The quantitative estimate of drug-likeness (QED) is 0.633. The van der Waals surface area contributed by atoms with E-state index in [1.807, 2.05) is 24.3 Å². The monoisotopic (exact) mass is 402 g/mol. The number of pyridine rings is 1.